The number of nitrogens with zero attached hydrogens (tertiary/aromatic N) is 1. The van der Waals surface area contributed by atoms with Gasteiger partial charge in [-0.2, -0.15) is 5.26 Å². The van der Waals surface area contributed by atoms with Gasteiger partial charge in [-0.05, 0) is 67.7 Å². The van der Waals surface area contributed by atoms with Gasteiger partial charge in [-0.1, -0.05) is 29.8 Å². The van der Waals surface area contributed by atoms with Crippen LogP contribution in [-0.2, 0) is 12.8 Å². The molecule has 0 saturated heterocycles. The Kier molecular flexibility index (Phi) is 4.85. The van der Waals surface area contributed by atoms with Gasteiger partial charge in [0.1, 0.15) is 0 Å². The van der Waals surface area contributed by atoms with Crippen LogP contribution in [0.2, 0.25) is 5.02 Å². The van der Waals surface area contributed by atoms with Crippen LogP contribution in [-0.4, -0.2) is 13.1 Å². The Morgan fingerprint density at radius 3 is 2.87 bits per heavy atom. The van der Waals surface area contributed by atoms with Crippen LogP contribution in [0.1, 0.15) is 35.2 Å². The molecule has 0 saturated carbocycles. The molecule has 0 fully saturated rings. The third-order valence-electron chi connectivity index (χ3n) is 4.36. The molecule has 3 nitrogen and oxygen atoms in total. The molecule has 1 aliphatic heterocycles. The molecule has 2 aromatic rings. The van der Waals surface area contributed by atoms with Crippen molar-refractivity contribution in [2.24, 2.45) is 0 Å². The van der Waals surface area contributed by atoms with Gasteiger partial charge >= 0.3 is 0 Å². The van der Waals surface area contributed by atoms with Crippen LogP contribution in [0.5, 0.6) is 0 Å². The second-order valence-electron chi connectivity index (χ2n) is 5.91. The summed E-state index contributed by atoms with van der Waals surface area (Å²) in [4.78, 5) is 0. The van der Waals surface area contributed by atoms with Gasteiger partial charge in [-0.15, -0.1) is 0 Å². The Labute approximate surface area is 142 Å². The topological polar surface area (TPSA) is 47.8 Å². The predicted octanol–water partition coefficient (Wildman–Crippen LogP) is 4.07. The van der Waals surface area contributed by atoms with Crippen LogP contribution in [0, 0.1) is 11.3 Å². The number of hydrogen-bond acceptors (Lipinski definition) is 3. The van der Waals surface area contributed by atoms with Gasteiger partial charge in [-0.3, -0.25) is 0 Å². The SMILES string of the molecule is CC(Nc1c(Cl)ccc2c1CCNCC2)c1cccc(C#N)c1. The van der Waals surface area contributed by atoms with E-state index in [2.05, 4.69) is 29.7 Å². The number of hydrogen-bond donors (Lipinski definition) is 2. The molecule has 4 heteroatoms. The molecule has 0 spiro atoms. The molecule has 0 radical (unpaired) electrons. The molecule has 0 aromatic heterocycles. The number of anilines is 1. The van der Waals surface area contributed by atoms with Crippen molar-refractivity contribution in [3.05, 3.63) is 63.7 Å². The highest BCUT2D eigenvalue weighted by atomic mass is 35.5. The molecule has 1 heterocycles. The van der Waals surface area contributed by atoms with Crippen molar-refractivity contribution in [2.45, 2.75) is 25.8 Å². The molecule has 2 aromatic carbocycles. The average Bonchev–Trinajstić information content (AvgIpc) is 2.83. The zero-order valence-electron chi connectivity index (χ0n) is 13.2. The van der Waals surface area contributed by atoms with Crippen LogP contribution >= 0.6 is 11.6 Å². The highest BCUT2D eigenvalue weighted by molar-refractivity contribution is 6.33. The lowest BCUT2D eigenvalue weighted by Crippen LogP contribution is -2.16. The van der Waals surface area contributed by atoms with Crippen molar-refractivity contribution in [3.63, 3.8) is 0 Å². The molecule has 1 unspecified atom stereocenters. The van der Waals surface area contributed by atoms with Gasteiger partial charge in [0, 0.05) is 6.04 Å². The summed E-state index contributed by atoms with van der Waals surface area (Å²) in [5.41, 5.74) is 5.47. The fourth-order valence-corrected chi connectivity index (χ4v) is 3.31. The second kappa shape index (κ2) is 7.04. The first-order chi connectivity index (χ1) is 11.2. The van der Waals surface area contributed by atoms with E-state index in [1.165, 1.54) is 11.1 Å². The summed E-state index contributed by atoms with van der Waals surface area (Å²) in [6.45, 7) is 4.08. The van der Waals surface area contributed by atoms with Gasteiger partial charge in [0.05, 0.1) is 22.3 Å². The van der Waals surface area contributed by atoms with E-state index in [1.807, 2.05) is 30.3 Å². The normalized spacial score (nSPS) is 15.2. The average molecular weight is 326 g/mol. The summed E-state index contributed by atoms with van der Waals surface area (Å²) in [6, 6.07) is 14.1. The Balaban J connectivity index is 1.91. The first-order valence-electron chi connectivity index (χ1n) is 7.96. The smallest absolute Gasteiger partial charge is 0.0991 e. The van der Waals surface area contributed by atoms with Crippen molar-refractivity contribution in [1.82, 2.24) is 5.32 Å². The molecule has 1 atom stereocenters. The van der Waals surface area contributed by atoms with E-state index in [0.717, 1.165) is 42.2 Å². The van der Waals surface area contributed by atoms with E-state index in [-0.39, 0.29) is 6.04 Å². The van der Waals surface area contributed by atoms with E-state index in [4.69, 9.17) is 16.9 Å². The second-order valence-corrected chi connectivity index (χ2v) is 6.32. The van der Waals surface area contributed by atoms with Crippen molar-refractivity contribution in [1.29, 1.82) is 5.26 Å². The molecule has 2 N–H and O–H groups in total. The monoisotopic (exact) mass is 325 g/mol. The standard InChI is InChI=1S/C19H20ClN3/c1-13(16-4-2-3-14(11-16)12-21)23-19-17-8-10-22-9-7-15(17)5-6-18(19)20/h2-6,11,13,22-23H,7-10H2,1H3. The van der Waals surface area contributed by atoms with Crippen molar-refractivity contribution < 1.29 is 0 Å². The summed E-state index contributed by atoms with van der Waals surface area (Å²) >= 11 is 6.47. The quantitative estimate of drug-likeness (QED) is 0.894. The Morgan fingerprint density at radius 1 is 1.22 bits per heavy atom. The van der Waals surface area contributed by atoms with E-state index in [1.54, 1.807) is 0 Å². The molecule has 118 valence electrons. The van der Waals surface area contributed by atoms with Gasteiger partial charge in [0.25, 0.3) is 0 Å². The third-order valence-corrected chi connectivity index (χ3v) is 4.67. The highest BCUT2D eigenvalue weighted by Crippen LogP contribution is 2.33. The minimum atomic E-state index is 0.0866. The van der Waals surface area contributed by atoms with Crippen LogP contribution in [0.4, 0.5) is 5.69 Å². The molecular formula is C19H20ClN3. The number of benzene rings is 2. The first-order valence-corrected chi connectivity index (χ1v) is 8.34. The van der Waals surface area contributed by atoms with Crippen molar-refractivity contribution >= 4 is 17.3 Å². The van der Waals surface area contributed by atoms with Gasteiger partial charge < -0.3 is 10.6 Å². The Morgan fingerprint density at radius 2 is 2.04 bits per heavy atom. The number of rotatable bonds is 3. The van der Waals surface area contributed by atoms with E-state index < -0.39 is 0 Å². The molecule has 0 aliphatic carbocycles. The summed E-state index contributed by atoms with van der Waals surface area (Å²) in [5, 5.41) is 16.8. The van der Waals surface area contributed by atoms with Crippen LogP contribution in [0.3, 0.4) is 0 Å². The van der Waals surface area contributed by atoms with Crippen molar-refractivity contribution in [3.8, 4) is 6.07 Å². The molecule has 0 amide bonds. The van der Waals surface area contributed by atoms with Crippen LogP contribution < -0.4 is 10.6 Å². The minimum Gasteiger partial charge on any atom is -0.377 e. The van der Waals surface area contributed by atoms with E-state index in [0.29, 0.717) is 5.56 Å². The fraction of sp³-hybridized carbons (Fsp3) is 0.316. The maximum absolute atomic E-state index is 9.07. The van der Waals surface area contributed by atoms with Gasteiger partial charge in [-0.25, -0.2) is 0 Å². The summed E-state index contributed by atoms with van der Waals surface area (Å²) < 4.78 is 0. The van der Waals surface area contributed by atoms with E-state index >= 15 is 0 Å². The molecule has 23 heavy (non-hydrogen) atoms. The summed E-state index contributed by atoms with van der Waals surface area (Å²) in [5.74, 6) is 0. The van der Waals surface area contributed by atoms with Gasteiger partial charge in [0.15, 0.2) is 0 Å². The summed E-state index contributed by atoms with van der Waals surface area (Å²) in [6.07, 6.45) is 2.00. The third kappa shape index (κ3) is 3.50. The highest BCUT2D eigenvalue weighted by Gasteiger charge is 2.17. The number of nitrogens with one attached hydrogen (secondary N) is 2. The van der Waals surface area contributed by atoms with E-state index in [9.17, 15) is 0 Å². The fourth-order valence-electron chi connectivity index (χ4n) is 3.08. The lowest BCUT2D eigenvalue weighted by molar-refractivity contribution is 0.711. The van der Waals surface area contributed by atoms with Crippen molar-refractivity contribution in [2.75, 3.05) is 18.4 Å². The lowest BCUT2D eigenvalue weighted by Gasteiger charge is -2.21. The minimum absolute atomic E-state index is 0.0866. The van der Waals surface area contributed by atoms with Crippen LogP contribution in [0.25, 0.3) is 0 Å². The molecule has 0 bridgehead atoms. The molecular weight excluding hydrogens is 306 g/mol. The number of nitriles is 1. The lowest BCUT2D eigenvalue weighted by atomic mass is 9.99. The largest absolute Gasteiger partial charge is 0.377 e. The predicted molar refractivity (Wildman–Crippen MR) is 94.9 cm³/mol. The van der Waals surface area contributed by atoms with Crippen LogP contribution in [0.15, 0.2) is 36.4 Å². The maximum atomic E-state index is 9.07. The first kappa shape index (κ1) is 15.9. The zero-order valence-corrected chi connectivity index (χ0v) is 14.0. The zero-order chi connectivity index (χ0) is 16.2. The number of halogens is 1. The number of fused-ring (bicyclic) bond motifs is 1. The maximum Gasteiger partial charge on any atom is 0.0991 e. The summed E-state index contributed by atoms with van der Waals surface area (Å²) in [7, 11) is 0. The Hall–Kier alpha value is -2.02. The molecule has 3 rings (SSSR count). The molecule has 1 aliphatic rings. The van der Waals surface area contributed by atoms with Gasteiger partial charge in [0.2, 0.25) is 0 Å². The Bertz CT molecular complexity index is 749.